The van der Waals surface area contributed by atoms with E-state index in [2.05, 4.69) is 15.9 Å². The maximum Gasteiger partial charge on any atom is 0.254 e. The molecule has 1 aliphatic rings. The number of benzene rings is 2. The number of carbonyl (C=O) groups excluding carboxylic acids is 1. The number of fused-ring (bicyclic) bond motifs is 1. The van der Waals surface area contributed by atoms with Crippen LogP contribution in [-0.4, -0.2) is 30.6 Å². The molecular weight excluding hydrogens is 358 g/mol. The zero-order chi connectivity index (χ0) is 16.2. The van der Waals surface area contributed by atoms with Crippen molar-refractivity contribution in [1.82, 2.24) is 4.90 Å². The highest BCUT2D eigenvalue weighted by Crippen LogP contribution is 2.34. The first kappa shape index (κ1) is 15.9. The maximum absolute atomic E-state index is 12.7. The molecule has 0 radical (unpaired) electrons. The Morgan fingerprint density at radius 2 is 1.96 bits per heavy atom. The van der Waals surface area contributed by atoms with Crippen molar-refractivity contribution in [3.8, 4) is 11.5 Å². The van der Waals surface area contributed by atoms with Crippen LogP contribution in [0.2, 0.25) is 0 Å². The molecule has 0 unspecified atom stereocenters. The molecular formula is C18H18BrNO3. The van der Waals surface area contributed by atoms with Crippen molar-refractivity contribution < 1.29 is 14.3 Å². The summed E-state index contributed by atoms with van der Waals surface area (Å²) in [5, 5.41) is 0. The first-order valence-electron chi connectivity index (χ1n) is 7.61. The molecule has 4 nitrogen and oxygen atoms in total. The summed E-state index contributed by atoms with van der Waals surface area (Å²) in [4.78, 5) is 14.5. The fraction of sp³-hybridized carbons (Fsp3) is 0.278. The highest BCUT2D eigenvalue weighted by Gasteiger charge is 2.20. The van der Waals surface area contributed by atoms with Crippen LogP contribution in [0.1, 0.15) is 22.8 Å². The Balaban J connectivity index is 1.84. The second-order valence-electron chi connectivity index (χ2n) is 5.27. The van der Waals surface area contributed by atoms with Crippen molar-refractivity contribution in [2.75, 3.05) is 19.8 Å². The fourth-order valence-electron chi connectivity index (χ4n) is 2.60. The third kappa shape index (κ3) is 3.50. The van der Waals surface area contributed by atoms with Gasteiger partial charge in [-0.1, -0.05) is 34.1 Å². The van der Waals surface area contributed by atoms with Crippen molar-refractivity contribution in [3.05, 3.63) is 58.1 Å². The molecule has 0 spiro atoms. The lowest BCUT2D eigenvalue weighted by Crippen LogP contribution is -2.30. The number of halogens is 1. The normalized spacial score (nSPS) is 12.8. The Labute approximate surface area is 144 Å². The molecule has 2 aromatic rings. The fourth-order valence-corrected chi connectivity index (χ4v) is 2.99. The van der Waals surface area contributed by atoms with Gasteiger partial charge in [-0.3, -0.25) is 4.79 Å². The van der Waals surface area contributed by atoms with Gasteiger partial charge >= 0.3 is 0 Å². The summed E-state index contributed by atoms with van der Waals surface area (Å²) in [6.45, 7) is 4.19. The largest absolute Gasteiger partial charge is 0.486 e. The number of hydrogen-bond acceptors (Lipinski definition) is 3. The summed E-state index contributed by atoms with van der Waals surface area (Å²) >= 11 is 3.41. The van der Waals surface area contributed by atoms with Gasteiger partial charge in [0.05, 0.1) is 0 Å². The van der Waals surface area contributed by atoms with E-state index in [0.29, 0.717) is 31.9 Å². The van der Waals surface area contributed by atoms with Gasteiger partial charge in [-0.25, -0.2) is 0 Å². The average Bonchev–Trinajstić information content (AvgIpc) is 2.59. The van der Waals surface area contributed by atoms with E-state index in [1.54, 1.807) is 4.90 Å². The highest BCUT2D eigenvalue weighted by molar-refractivity contribution is 9.10. The second-order valence-corrected chi connectivity index (χ2v) is 6.19. The van der Waals surface area contributed by atoms with Crippen molar-refractivity contribution in [3.63, 3.8) is 0 Å². The van der Waals surface area contributed by atoms with Crippen molar-refractivity contribution >= 4 is 21.8 Å². The first-order chi connectivity index (χ1) is 11.2. The number of rotatable bonds is 4. The van der Waals surface area contributed by atoms with E-state index in [1.165, 1.54) is 0 Å². The standard InChI is InChI=1S/C18H18BrNO3/c1-2-20(18(21)13-5-3-7-15(19)11-13)12-14-6-4-8-16-17(14)23-10-9-22-16/h3-8,11H,2,9-10,12H2,1H3. The summed E-state index contributed by atoms with van der Waals surface area (Å²) in [5.74, 6) is 1.50. The van der Waals surface area contributed by atoms with Crippen LogP contribution in [0.25, 0.3) is 0 Å². The predicted octanol–water partition coefficient (Wildman–Crippen LogP) is 3.88. The minimum absolute atomic E-state index is 0.00290. The van der Waals surface area contributed by atoms with E-state index < -0.39 is 0 Å². The second kappa shape index (κ2) is 7.04. The van der Waals surface area contributed by atoms with Gasteiger partial charge in [-0.15, -0.1) is 0 Å². The molecule has 2 aromatic carbocycles. The van der Waals surface area contributed by atoms with E-state index in [-0.39, 0.29) is 5.91 Å². The number of amides is 1. The van der Waals surface area contributed by atoms with Crippen LogP contribution in [0.15, 0.2) is 46.9 Å². The van der Waals surface area contributed by atoms with Crippen LogP contribution in [0.5, 0.6) is 11.5 Å². The summed E-state index contributed by atoms with van der Waals surface area (Å²) in [7, 11) is 0. The van der Waals surface area contributed by atoms with Gasteiger partial charge in [-0.05, 0) is 31.2 Å². The van der Waals surface area contributed by atoms with Gasteiger partial charge in [0.25, 0.3) is 5.91 Å². The summed E-state index contributed by atoms with van der Waals surface area (Å²) < 4.78 is 12.2. The summed E-state index contributed by atoms with van der Waals surface area (Å²) in [6.07, 6.45) is 0. The number of nitrogens with zero attached hydrogens (tertiary/aromatic N) is 1. The monoisotopic (exact) mass is 375 g/mol. The van der Waals surface area contributed by atoms with Gasteiger partial charge in [0.15, 0.2) is 11.5 Å². The average molecular weight is 376 g/mol. The Morgan fingerprint density at radius 3 is 2.74 bits per heavy atom. The number of ether oxygens (including phenoxy) is 2. The smallest absolute Gasteiger partial charge is 0.254 e. The zero-order valence-electron chi connectivity index (χ0n) is 12.9. The predicted molar refractivity (Wildman–Crippen MR) is 92.0 cm³/mol. The molecule has 0 N–H and O–H groups in total. The molecule has 0 atom stereocenters. The molecule has 0 aromatic heterocycles. The van der Waals surface area contributed by atoms with Gasteiger partial charge in [0.2, 0.25) is 0 Å². The molecule has 0 aliphatic carbocycles. The van der Waals surface area contributed by atoms with E-state index in [9.17, 15) is 4.79 Å². The highest BCUT2D eigenvalue weighted by atomic mass is 79.9. The Hall–Kier alpha value is -2.01. The van der Waals surface area contributed by atoms with E-state index in [1.807, 2.05) is 49.4 Å². The molecule has 1 amide bonds. The molecule has 1 aliphatic heterocycles. The topological polar surface area (TPSA) is 38.8 Å². The van der Waals surface area contributed by atoms with Crippen molar-refractivity contribution in [2.45, 2.75) is 13.5 Å². The van der Waals surface area contributed by atoms with Crippen LogP contribution in [-0.2, 0) is 6.54 Å². The van der Waals surface area contributed by atoms with Crippen LogP contribution in [0, 0.1) is 0 Å². The molecule has 0 fully saturated rings. The van der Waals surface area contributed by atoms with Gasteiger partial charge < -0.3 is 14.4 Å². The maximum atomic E-state index is 12.7. The quantitative estimate of drug-likeness (QED) is 0.813. The number of hydrogen-bond donors (Lipinski definition) is 0. The molecule has 5 heteroatoms. The molecule has 0 saturated heterocycles. The Bertz CT molecular complexity index is 717. The lowest BCUT2D eigenvalue weighted by atomic mass is 10.1. The first-order valence-corrected chi connectivity index (χ1v) is 8.40. The van der Waals surface area contributed by atoms with Crippen molar-refractivity contribution in [2.24, 2.45) is 0 Å². The van der Waals surface area contributed by atoms with Crippen LogP contribution in [0.3, 0.4) is 0 Å². The van der Waals surface area contributed by atoms with Gasteiger partial charge in [0, 0.05) is 28.7 Å². The molecule has 1 heterocycles. The minimum Gasteiger partial charge on any atom is -0.486 e. The van der Waals surface area contributed by atoms with Gasteiger partial charge in [-0.2, -0.15) is 0 Å². The van der Waals surface area contributed by atoms with E-state index in [0.717, 1.165) is 21.5 Å². The summed E-state index contributed by atoms with van der Waals surface area (Å²) in [6, 6.07) is 13.2. The SMILES string of the molecule is CCN(Cc1cccc2c1OCCO2)C(=O)c1cccc(Br)c1. The van der Waals surface area contributed by atoms with Crippen molar-refractivity contribution in [1.29, 1.82) is 0 Å². The van der Waals surface area contributed by atoms with Crippen LogP contribution < -0.4 is 9.47 Å². The number of para-hydroxylation sites is 1. The molecule has 120 valence electrons. The lowest BCUT2D eigenvalue weighted by Gasteiger charge is -2.25. The molecule has 0 bridgehead atoms. The zero-order valence-corrected chi connectivity index (χ0v) is 14.5. The molecule has 3 rings (SSSR count). The summed E-state index contributed by atoms with van der Waals surface area (Å²) in [5.41, 5.74) is 1.63. The Morgan fingerprint density at radius 1 is 1.17 bits per heavy atom. The van der Waals surface area contributed by atoms with Gasteiger partial charge in [0.1, 0.15) is 13.2 Å². The molecule has 0 saturated carbocycles. The minimum atomic E-state index is 0.00290. The Kier molecular flexibility index (Phi) is 4.86. The third-order valence-electron chi connectivity index (χ3n) is 3.75. The lowest BCUT2D eigenvalue weighted by molar-refractivity contribution is 0.0749. The van der Waals surface area contributed by atoms with E-state index >= 15 is 0 Å². The third-order valence-corrected chi connectivity index (χ3v) is 4.24. The molecule has 23 heavy (non-hydrogen) atoms. The van der Waals surface area contributed by atoms with Crippen LogP contribution in [0.4, 0.5) is 0 Å². The number of carbonyl (C=O) groups is 1. The van der Waals surface area contributed by atoms with E-state index in [4.69, 9.17) is 9.47 Å². The van der Waals surface area contributed by atoms with Crippen LogP contribution >= 0.6 is 15.9 Å².